The molecule has 0 saturated heterocycles. The van der Waals surface area contributed by atoms with Crippen molar-refractivity contribution in [1.82, 2.24) is 14.9 Å². The van der Waals surface area contributed by atoms with Gasteiger partial charge in [-0.2, -0.15) is 4.98 Å². The molecule has 96 valence electrons. The number of nitrogens with one attached hydrogen (secondary N) is 2. The highest BCUT2D eigenvalue weighted by molar-refractivity contribution is 5.38. The molecule has 0 spiro atoms. The van der Waals surface area contributed by atoms with Crippen LogP contribution in [0, 0.1) is 0 Å². The zero-order valence-electron chi connectivity index (χ0n) is 10.8. The van der Waals surface area contributed by atoms with Gasteiger partial charge in [0, 0.05) is 18.8 Å². The second-order valence-electron chi connectivity index (χ2n) is 4.26. The summed E-state index contributed by atoms with van der Waals surface area (Å²) in [4.78, 5) is 10.4. The van der Waals surface area contributed by atoms with E-state index in [0.717, 1.165) is 25.3 Å². The molecular formula is C11H22N6. The third kappa shape index (κ3) is 4.97. The number of nitrogens with zero attached hydrogens (tertiary/aromatic N) is 3. The van der Waals surface area contributed by atoms with Gasteiger partial charge < -0.3 is 10.2 Å². The number of hydrogen-bond acceptors (Lipinski definition) is 6. The molecule has 0 unspecified atom stereocenters. The van der Waals surface area contributed by atoms with E-state index in [-0.39, 0.29) is 0 Å². The Labute approximate surface area is 103 Å². The van der Waals surface area contributed by atoms with Gasteiger partial charge in [-0.3, -0.25) is 5.43 Å². The van der Waals surface area contributed by atoms with Crippen LogP contribution in [0.3, 0.4) is 0 Å². The van der Waals surface area contributed by atoms with Gasteiger partial charge in [-0.15, -0.1) is 0 Å². The first-order valence-electron chi connectivity index (χ1n) is 5.87. The topological polar surface area (TPSA) is 79.1 Å². The van der Waals surface area contributed by atoms with E-state index in [4.69, 9.17) is 5.84 Å². The Balaban J connectivity index is 2.26. The van der Waals surface area contributed by atoms with Gasteiger partial charge in [0.15, 0.2) is 0 Å². The summed E-state index contributed by atoms with van der Waals surface area (Å²) in [7, 11) is 2.13. The molecular weight excluding hydrogens is 216 g/mol. The minimum absolute atomic E-state index is 0.425. The largest absolute Gasteiger partial charge is 0.370 e. The molecule has 17 heavy (non-hydrogen) atoms. The molecule has 0 radical (unpaired) electrons. The van der Waals surface area contributed by atoms with Crippen LogP contribution in [-0.4, -0.2) is 41.0 Å². The number of nitrogen functional groups attached to an aromatic ring is 1. The predicted octanol–water partition coefficient (Wildman–Crippen LogP) is 0.904. The maximum absolute atomic E-state index is 5.24. The minimum atomic E-state index is 0.425. The van der Waals surface area contributed by atoms with Crippen LogP contribution in [-0.2, 0) is 0 Å². The fourth-order valence-corrected chi connectivity index (χ4v) is 1.33. The molecule has 4 N–H and O–H groups in total. The van der Waals surface area contributed by atoms with Gasteiger partial charge in [-0.25, -0.2) is 10.8 Å². The monoisotopic (exact) mass is 238 g/mol. The third-order valence-corrected chi connectivity index (χ3v) is 2.66. The van der Waals surface area contributed by atoms with Gasteiger partial charge in [0.1, 0.15) is 5.82 Å². The van der Waals surface area contributed by atoms with Crippen molar-refractivity contribution in [2.24, 2.45) is 5.84 Å². The van der Waals surface area contributed by atoms with E-state index < -0.39 is 0 Å². The van der Waals surface area contributed by atoms with Crippen LogP contribution in [0.2, 0.25) is 0 Å². The van der Waals surface area contributed by atoms with Crippen LogP contribution in [0.15, 0.2) is 12.3 Å². The second-order valence-corrected chi connectivity index (χ2v) is 4.26. The van der Waals surface area contributed by atoms with E-state index in [2.05, 4.69) is 46.5 Å². The highest BCUT2D eigenvalue weighted by Gasteiger charge is 2.02. The molecule has 0 aliphatic rings. The summed E-state index contributed by atoms with van der Waals surface area (Å²) in [5, 5.41) is 3.24. The Morgan fingerprint density at radius 3 is 2.88 bits per heavy atom. The molecule has 0 aliphatic carbocycles. The van der Waals surface area contributed by atoms with Crippen molar-refractivity contribution in [2.45, 2.75) is 26.3 Å². The van der Waals surface area contributed by atoms with Crippen molar-refractivity contribution in [3.63, 3.8) is 0 Å². The van der Waals surface area contributed by atoms with Gasteiger partial charge in [0.05, 0.1) is 0 Å². The molecule has 0 aliphatic heterocycles. The number of rotatable bonds is 7. The zero-order valence-corrected chi connectivity index (χ0v) is 10.8. The Kier molecular flexibility index (Phi) is 5.65. The van der Waals surface area contributed by atoms with Crippen LogP contribution >= 0.6 is 0 Å². The van der Waals surface area contributed by atoms with Crippen LogP contribution in [0.1, 0.15) is 20.3 Å². The molecule has 0 bridgehead atoms. The lowest BCUT2D eigenvalue weighted by molar-refractivity contribution is 0.273. The number of aromatic nitrogens is 2. The fraction of sp³-hybridized carbons (Fsp3) is 0.636. The Morgan fingerprint density at radius 1 is 1.47 bits per heavy atom. The molecule has 1 heterocycles. The minimum Gasteiger partial charge on any atom is -0.370 e. The maximum Gasteiger partial charge on any atom is 0.239 e. The smallest absolute Gasteiger partial charge is 0.239 e. The van der Waals surface area contributed by atoms with Gasteiger partial charge >= 0.3 is 0 Å². The van der Waals surface area contributed by atoms with Gasteiger partial charge in [-0.05, 0) is 39.9 Å². The van der Waals surface area contributed by atoms with E-state index in [1.807, 2.05) is 6.07 Å². The first-order chi connectivity index (χ1) is 8.13. The number of hydrazine groups is 1. The highest BCUT2D eigenvalue weighted by atomic mass is 15.3. The summed E-state index contributed by atoms with van der Waals surface area (Å²) in [5.74, 6) is 6.45. The van der Waals surface area contributed by atoms with Crippen molar-refractivity contribution in [1.29, 1.82) is 0 Å². The lowest BCUT2D eigenvalue weighted by Gasteiger charge is -2.20. The van der Waals surface area contributed by atoms with Crippen molar-refractivity contribution in [2.75, 3.05) is 30.9 Å². The maximum atomic E-state index is 5.24. The Hall–Kier alpha value is -1.40. The zero-order chi connectivity index (χ0) is 12.7. The van der Waals surface area contributed by atoms with Gasteiger partial charge in [-0.1, -0.05) is 0 Å². The first-order valence-corrected chi connectivity index (χ1v) is 5.87. The van der Waals surface area contributed by atoms with E-state index in [1.54, 1.807) is 6.20 Å². The molecule has 0 aromatic carbocycles. The Morgan fingerprint density at radius 2 is 2.24 bits per heavy atom. The third-order valence-electron chi connectivity index (χ3n) is 2.66. The second kappa shape index (κ2) is 7.03. The predicted molar refractivity (Wildman–Crippen MR) is 70.7 cm³/mol. The van der Waals surface area contributed by atoms with E-state index >= 15 is 0 Å². The number of anilines is 2. The molecule has 0 atom stereocenters. The quantitative estimate of drug-likeness (QED) is 0.372. The van der Waals surface area contributed by atoms with Crippen LogP contribution in [0.25, 0.3) is 0 Å². The van der Waals surface area contributed by atoms with E-state index in [0.29, 0.717) is 12.0 Å². The number of hydrogen-bond donors (Lipinski definition) is 3. The average Bonchev–Trinajstić information content (AvgIpc) is 2.34. The SMILES string of the molecule is CC(C)N(C)CCCNc1ccnc(NN)n1. The molecule has 1 rings (SSSR count). The van der Waals surface area contributed by atoms with Crippen LogP contribution in [0.4, 0.5) is 11.8 Å². The van der Waals surface area contributed by atoms with Crippen molar-refractivity contribution in [3.8, 4) is 0 Å². The van der Waals surface area contributed by atoms with E-state index in [1.165, 1.54) is 0 Å². The molecule has 0 amide bonds. The summed E-state index contributed by atoms with van der Waals surface area (Å²) in [6, 6.07) is 2.41. The summed E-state index contributed by atoms with van der Waals surface area (Å²) >= 11 is 0. The summed E-state index contributed by atoms with van der Waals surface area (Å²) in [6.45, 7) is 6.34. The van der Waals surface area contributed by atoms with Crippen molar-refractivity contribution < 1.29 is 0 Å². The van der Waals surface area contributed by atoms with Crippen LogP contribution < -0.4 is 16.6 Å². The van der Waals surface area contributed by atoms with Crippen LogP contribution in [0.5, 0.6) is 0 Å². The standard InChI is InChI=1S/C11H22N6/c1-9(2)17(3)8-4-6-13-10-5-7-14-11(15-10)16-12/h5,7,9H,4,6,8,12H2,1-3H3,(H2,13,14,15,16). The molecule has 0 fully saturated rings. The molecule has 6 nitrogen and oxygen atoms in total. The molecule has 1 aromatic rings. The molecule has 6 heteroatoms. The normalized spacial score (nSPS) is 10.9. The molecule has 1 aromatic heterocycles. The van der Waals surface area contributed by atoms with Crippen molar-refractivity contribution in [3.05, 3.63) is 12.3 Å². The lowest BCUT2D eigenvalue weighted by atomic mass is 10.3. The summed E-state index contributed by atoms with van der Waals surface area (Å²) in [5.41, 5.74) is 2.42. The van der Waals surface area contributed by atoms with E-state index in [9.17, 15) is 0 Å². The van der Waals surface area contributed by atoms with Crippen molar-refractivity contribution >= 4 is 11.8 Å². The number of nitrogens with two attached hydrogens (primary N) is 1. The lowest BCUT2D eigenvalue weighted by Crippen LogP contribution is -2.28. The summed E-state index contributed by atoms with van der Waals surface area (Å²) in [6.07, 6.45) is 2.74. The van der Waals surface area contributed by atoms with Gasteiger partial charge in [0.25, 0.3) is 0 Å². The first kappa shape index (κ1) is 13.7. The fourth-order valence-electron chi connectivity index (χ4n) is 1.33. The molecule has 0 saturated carbocycles. The summed E-state index contributed by atoms with van der Waals surface area (Å²) < 4.78 is 0. The Bertz CT molecular complexity index is 327. The average molecular weight is 238 g/mol. The highest BCUT2D eigenvalue weighted by Crippen LogP contribution is 2.04. The van der Waals surface area contributed by atoms with Gasteiger partial charge in [0.2, 0.25) is 5.95 Å².